The van der Waals surface area contributed by atoms with Crippen molar-refractivity contribution in [2.75, 3.05) is 10.6 Å². The number of aromatic nitrogens is 3. The highest BCUT2D eigenvalue weighted by atomic mass is 16.2. The van der Waals surface area contributed by atoms with Crippen LogP contribution in [0.1, 0.15) is 30.3 Å². The normalized spacial score (nSPS) is 10.3. The van der Waals surface area contributed by atoms with E-state index in [2.05, 4.69) is 20.9 Å². The van der Waals surface area contributed by atoms with Crippen LogP contribution < -0.4 is 10.6 Å². The minimum absolute atomic E-state index is 0.0539. The minimum Gasteiger partial charge on any atom is -0.326 e. The van der Waals surface area contributed by atoms with Crippen LogP contribution in [0.3, 0.4) is 0 Å². The van der Waals surface area contributed by atoms with Gasteiger partial charge in [-0.15, -0.1) is 5.10 Å². The standard InChI is InChI=1S/C19H19N5O2/c1-2-7-18(25)20-14-8-6-9-15(12-14)21-19(26)17-13-24(23-22-17)16-10-4-3-5-11-16/h3-6,8-13H,2,7H2,1H3,(H,20,25)(H,21,26). The molecule has 0 saturated carbocycles. The second-order valence-electron chi connectivity index (χ2n) is 5.72. The first-order valence-electron chi connectivity index (χ1n) is 8.35. The zero-order chi connectivity index (χ0) is 18.4. The van der Waals surface area contributed by atoms with Gasteiger partial charge in [0.1, 0.15) is 0 Å². The van der Waals surface area contributed by atoms with Crippen LogP contribution in [0, 0.1) is 0 Å². The van der Waals surface area contributed by atoms with E-state index in [1.807, 2.05) is 37.3 Å². The molecule has 0 atom stereocenters. The van der Waals surface area contributed by atoms with Crippen LogP contribution in [0.2, 0.25) is 0 Å². The molecular formula is C19H19N5O2. The molecule has 0 saturated heterocycles. The average Bonchev–Trinajstić information content (AvgIpc) is 3.13. The molecule has 0 aliphatic heterocycles. The van der Waals surface area contributed by atoms with Gasteiger partial charge in [0.2, 0.25) is 5.91 Å². The monoisotopic (exact) mass is 349 g/mol. The fourth-order valence-electron chi connectivity index (χ4n) is 2.40. The number of nitrogens with zero attached hydrogens (tertiary/aromatic N) is 3. The topological polar surface area (TPSA) is 88.9 Å². The maximum atomic E-state index is 12.4. The van der Waals surface area contributed by atoms with E-state index < -0.39 is 0 Å². The fourth-order valence-corrected chi connectivity index (χ4v) is 2.40. The number of nitrogens with one attached hydrogen (secondary N) is 2. The van der Waals surface area contributed by atoms with Crippen LogP contribution in [-0.2, 0) is 4.79 Å². The van der Waals surface area contributed by atoms with E-state index in [1.165, 1.54) is 4.68 Å². The summed E-state index contributed by atoms with van der Waals surface area (Å²) in [7, 11) is 0. The summed E-state index contributed by atoms with van der Waals surface area (Å²) >= 11 is 0. The lowest BCUT2D eigenvalue weighted by Crippen LogP contribution is -2.14. The Morgan fingerprint density at radius 3 is 2.46 bits per heavy atom. The lowest BCUT2D eigenvalue weighted by Gasteiger charge is -2.07. The summed E-state index contributed by atoms with van der Waals surface area (Å²) in [6, 6.07) is 16.4. The molecule has 1 heterocycles. The molecule has 0 radical (unpaired) electrons. The Hall–Kier alpha value is -3.48. The summed E-state index contributed by atoms with van der Waals surface area (Å²) in [5, 5.41) is 13.5. The predicted octanol–water partition coefficient (Wildman–Crippen LogP) is 3.26. The number of anilines is 2. The minimum atomic E-state index is -0.371. The van der Waals surface area contributed by atoms with Crippen molar-refractivity contribution in [3.05, 3.63) is 66.5 Å². The quantitative estimate of drug-likeness (QED) is 0.715. The van der Waals surface area contributed by atoms with Crippen molar-refractivity contribution in [2.24, 2.45) is 0 Å². The van der Waals surface area contributed by atoms with Crippen molar-refractivity contribution < 1.29 is 9.59 Å². The molecule has 7 heteroatoms. The molecule has 2 aromatic carbocycles. The van der Waals surface area contributed by atoms with Gasteiger partial charge in [-0.25, -0.2) is 4.68 Å². The van der Waals surface area contributed by atoms with Gasteiger partial charge in [-0.3, -0.25) is 9.59 Å². The third kappa shape index (κ3) is 4.32. The summed E-state index contributed by atoms with van der Waals surface area (Å²) < 4.78 is 1.54. The van der Waals surface area contributed by atoms with Crippen molar-refractivity contribution in [3.63, 3.8) is 0 Å². The Balaban J connectivity index is 1.69. The summed E-state index contributed by atoms with van der Waals surface area (Å²) in [6.45, 7) is 1.94. The number of para-hydroxylation sites is 1. The SMILES string of the molecule is CCCC(=O)Nc1cccc(NC(=O)c2cn(-c3ccccc3)nn2)c1. The van der Waals surface area contributed by atoms with Crippen molar-refractivity contribution in [1.29, 1.82) is 0 Å². The molecule has 1 aromatic heterocycles. The summed E-state index contributed by atoms with van der Waals surface area (Å²) in [5.41, 5.74) is 2.22. The largest absolute Gasteiger partial charge is 0.326 e. The zero-order valence-corrected chi connectivity index (χ0v) is 14.3. The first kappa shape index (κ1) is 17.3. The molecule has 2 amide bonds. The van der Waals surface area contributed by atoms with Gasteiger partial charge in [-0.2, -0.15) is 0 Å². The van der Waals surface area contributed by atoms with E-state index in [1.54, 1.807) is 30.5 Å². The van der Waals surface area contributed by atoms with Gasteiger partial charge in [0.05, 0.1) is 11.9 Å². The Morgan fingerprint density at radius 1 is 1.00 bits per heavy atom. The molecule has 3 rings (SSSR count). The Kier molecular flexibility index (Phi) is 5.38. The summed E-state index contributed by atoms with van der Waals surface area (Å²) in [4.78, 5) is 24.1. The second-order valence-corrected chi connectivity index (χ2v) is 5.72. The predicted molar refractivity (Wildman–Crippen MR) is 99.3 cm³/mol. The molecule has 0 aliphatic carbocycles. The van der Waals surface area contributed by atoms with Crippen LogP contribution in [0.5, 0.6) is 0 Å². The van der Waals surface area contributed by atoms with E-state index in [9.17, 15) is 9.59 Å². The van der Waals surface area contributed by atoms with E-state index in [0.717, 1.165) is 12.1 Å². The van der Waals surface area contributed by atoms with Crippen LogP contribution in [0.4, 0.5) is 11.4 Å². The van der Waals surface area contributed by atoms with Crippen molar-refractivity contribution >= 4 is 23.2 Å². The van der Waals surface area contributed by atoms with E-state index >= 15 is 0 Å². The molecule has 0 spiro atoms. The molecular weight excluding hydrogens is 330 g/mol. The van der Waals surface area contributed by atoms with Gasteiger partial charge < -0.3 is 10.6 Å². The molecule has 0 aliphatic rings. The number of benzene rings is 2. The molecule has 132 valence electrons. The third-order valence-electron chi connectivity index (χ3n) is 3.63. The lowest BCUT2D eigenvalue weighted by molar-refractivity contribution is -0.116. The lowest BCUT2D eigenvalue weighted by atomic mass is 10.2. The van der Waals surface area contributed by atoms with Crippen molar-refractivity contribution in [3.8, 4) is 5.69 Å². The Bertz CT molecular complexity index is 905. The van der Waals surface area contributed by atoms with Crippen LogP contribution in [0.15, 0.2) is 60.8 Å². The second kappa shape index (κ2) is 8.06. The number of rotatable bonds is 6. The summed E-state index contributed by atoms with van der Waals surface area (Å²) in [6.07, 6.45) is 2.80. The molecule has 0 bridgehead atoms. The maximum absolute atomic E-state index is 12.4. The summed E-state index contributed by atoms with van der Waals surface area (Å²) in [5.74, 6) is -0.425. The first-order chi connectivity index (χ1) is 12.7. The van der Waals surface area contributed by atoms with Crippen molar-refractivity contribution in [2.45, 2.75) is 19.8 Å². The number of amides is 2. The van der Waals surface area contributed by atoms with Crippen LogP contribution >= 0.6 is 0 Å². The molecule has 7 nitrogen and oxygen atoms in total. The molecule has 0 fully saturated rings. The van der Waals surface area contributed by atoms with Gasteiger partial charge in [0.15, 0.2) is 5.69 Å². The van der Waals surface area contributed by atoms with Gasteiger partial charge in [0.25, 0.3) is 5.91 Å². The highest BCUT2D eigenvalue weighted by molar-refractivity contribution is 6.03. The first-order valence-corrected chi connectivity index (χ1v) is 8.35. The number of carbonyl (C=O) groups is 2. The number of hydrogen-bond acceptors (Lipinski definition) is 4. The van der Waals surface area contributed by atoms with Gasteiger partial charge in [-0.1, -0.05) is 36.4 Å². The van der Waals surface area contributed by atoms with Crippen LogP contribution in [-0.4, -0.2) is 26.8 Å². The van der Waals surface area contributed by atoms with E-state index in [4.69, 9.17) is 0 Å². The van der Waals surface area contributed by atoms with Gasteiger partial charge in [-0.05, 0) is 36.8 Å². The Morgan fingerprint density at radius 2 is 1.73 bits per heavy atom. The third-order valence-corrected chi connectivity index (χ3v) is 3.63. The molecule has 2 N–H and O–H groups in total. The number of carbonyl (C=O) groups excluding carboxylic acids is 2. The smallest absolute Gasteiger partial charge is 0.277 e. The highest BCUT2D eigenvalue weighted by Crippen LogP contribution is 2.16. The van der Waals surface area contributed by atoms with E-state index in [-0.39, 0.29) is 17.5 Å². The average molecular weight is 349 g/mol. The fraction of sp³-hybridized carbons (Fsp3) is 0.158. The van der Waals surface area contributed by atoms with Gasteiger partial charge >= 0.3 is 0 Å². The molecule has 26 heavy (non-hydrogen) atoms. The van der Waals surface area contributed by atoms with Crippen molar-refractivity contribution in [1.82, 2.24) is 15.0 Å². The number of hydrogen-bond donors (Lipinski definition) is 2. The highest BCUT2D eigenvalue weighted by Gasteiger charge is 2.12. The Labute approximate surface area is 151 Å². The van der Waals surface area contributed by atoms with Gasteiger partial charge in [0, 0.05) is 17.8 Å². The van der Waals surface area contributed by atoms with E-state index in [0.29, 0.717) is 17.8 Å². The van der Waals surface area contributed by atoms with Crippen LogP contribution in [0.25, 0.3) is 5.69 Å². The zero-order valence-electron chi connectivity index (χ0n) is 14.3. The molecule has 0 unspecified atom stereocenters. The maximum Gasteiger partial charge on any atom is 0.277 e. The molecule has 3 aromatic rings.